The SMILES string of the molecule is C=CCC[C@H](NC(=O)Cc1ccc(F)c(F)c1)C(=O)OC. The van der Waals surface area contributed by atoms with E-state index >= 15 is 0 Å². The van der Waals surface area contributed by atoms with Gasteiger partial charge in [-0.15, -0.1) is 6.58 Å². The normalized spacial score (nSPS) is 11.6. The van der Waals surface area contributed by atoms with Crippen molar-refractivity contribution in [2.45, 2.75) is 25.3 Å². The number of methoxy groups -OCH3 is 1. The first-order valence-corrected chi connectivity index (χ1v) is 6.40. The quantitative estimate of drug-likeness (QED) is 0.619. The number of hydrogen-bond acceptors (Lipinski definition) is 3. The van der Waals surface area contributed by atoms with Gasteiger partial charge in [0.2, 0.25) is 5.91 Å². The number of benzene rings is 1. The molecule has 1 rings (SSSR count). The summed E-state index contributed by atoms with van der Waals surface area (Å²) in [5, 5.41) is 2.51. The Kier molecular flexibility index (Phi) is 6.52. The van der Waals surface area contributed by atoms with Gasteiger partial charge in [0.05, 0.1) is 13.5 Å². The van der Waals surface area contributed by atoms with Gasteiger partial charge in [0, 0.05) is 0 Å². The van der Waals surface area contributed by atoms with Gasteiger partial charge in [0.25, 0.3) is 0 Å². The van der Waals surface area contributed by atoms with Crippen molar-refractivity contribution in [2.75, 3.05) is 7.11 Å². The fourth-order valence-corrected chi connectivity index (χ4v) is 1.76. The Labute approximate surface area is 121 Å². The molecule has 1 atom stereocenters. The first-order valence-electron chi connectivity index (χ1n) is 6.40. The highest BCUT2D eigenvalue weighted by Crippen LogP contribution is 2.09. The first-order chi connectivity index (χ1) is 9.97. The average molecular weight is 297 g/mol. The lowest BCUT2D eigenvalue weighted by molar-refractivity contribution is -0.145. The minimum atomic E-state index is -1.02. The maximum absolute atomic E-state index is 13.0. The molecule has 0 fully saturated rings. The molecule has 1 N–H and O–H groups in total. The third-order valence-electron chi connectivity index (χ3n) is 2.83. The number of carbonyl (C=O) groups excluding carboxylic acids is 2. The Morgan fingerprint density at radius 1 is 1.38 bits per heavy atom. The number of halogens is 2. The molecule has 0 aliphatic rings. The van der Waals surface area contributed by atoms with Gasteiger partial charge in [-0.05, 0) is 30.5 Å². The molecule has 0 aliphatic heterocycles. The second-order valence-corrected chi connectivity index (χ2v) is 4.43. The standard InChI is InChI=1S/C15H17F2NO3/c1-3-4-5-13(15(20)21-2)18-14(19)9-10-6-7-11(16)12(17)8-10/h3,6-8,13H,1,4-5,9H2,2H3,(H,18,19)/t13-/m0/s1. The molecule has 0 radical (unpaired) electrons. The lowest BCUT2D eigenvalue weighted by Gasteiger charge is -2.15. The summed E-state index contributed by atoms with van der Waals surface area (Å²) in [6.07, 6.45) is 2.36. The van der Waals surface area contributed by atoms with E-state index < -0.39 is 29.6 Å². The largest absolute Gasteiger partial charge is 0.467 e. The zero-order valence-corrected chi connectivity index (χ0v) is 11.7. The van der Waals surface area contributed by atoms with E-state index in [0.717, 1.165) is 12.1 Å². The highest BCUT2D eigenvalue weighted by molar-refractivity contribution is 5.85. The van der Waals surface area contributed by atoms with E-state index in [1.54, 1.807) is 6.08 Å². The Balaban J connectivity index is 2.66. The highest BCUT2D eigenvalue weighted by atomic mass is 19.2. The van der Waals surface area contributed by atoms with Gasteiger partial charge in [0.15, 0.2) is 11.6 Å². The summed E-state index contributed by atoms with van der Waals surface area (Å²) in [6.45, 7) is 3.54. The highest BCUT2D eigenvalue weighted by Gasteiger charge is 2.20. The van der Waals surface area contributed by atoms with Crippen LogP contribution in [0.15, 0.2) is 30.9 Å². The Bertz CT molecular complexity index is 532. The van der Waals surface area contributed by atoms with Gasteiger partial charge < -0.3 is 10.1 Å². The predicted molar refractivity (Wildman–Crippen MR) is 73.4 cm³/mol. The van der Waals surface area contributed by atoms with Crippen LogP contribution >= 0.6 is 0 Å². The molecular weight excluding hydrogens is 280 g/mol. The number of ether oxygens (including phenoxy) is 1. The van der Waals surface area contributed by atoms with Crippen molar-refractivity contribution in [3.63, 3.8) is 0 Å². The molecule has 0 saturated heterocycles. The molecule has 0 bridgehead atoms. The number of nitrogens with one attached hydrogen (secondary N) is 1. The number of hydrogen-bond donors (Lipinski definition) is 1. The predicted octanol–water partition coefficient (Wildman–Crippen LogP) is 2.13. The van der Waals surface area contributed by atoms with Crippen molar-refractivity contribution in [3.05, 3.63) is 48.1 Å². The molecule has 0 saturated carbocycles. The summed E-state index contributed by atoms with van der Waals surface area (Å²) in [6, 6.07) is 2.43. The Morgan fingerprint density at radius 3 is 2.67 bits per heavy atom. The summed E-state index contributed by atoms with van der Waals surface area (Å²) >= 11 is 0. The van der Waals surface area contributed by atoms with Crippen molar-refractivity contribution >= 4 is 11.9 Å². The van der Waals surface area contributed by atoms with Crippen molar-refractivity contribution in [1.29, 1.82) is 0 Å². The fourth-order valence-electron chi connectivity index (χ4n) is 1.76. The van der Waals surface area contributed by atoms with Crippen LogP contribution in [0.25, 0.3) is 0 Å². The molecule has 0 heterocycles. The van der Waals surface area contributed by atoms with Crippen molar-refractivity contribution in [1.82, 2.24) is 5.32 Å². The van der Waals surface area contributed by atoms with E-state index in [1.807, 2.05) is 0 Å². The zero-order valence-electron chi connectivity index (χ0n) is 11.7. The van der Waals surface area contributed by atoms with Crippen molar-refractivity contribution in [3.8, 4) is 0 Å². The van der Waals surface area contributed by atoms with Gasteiger partial charge >= 0.3 is 5.97 Å². The van der Waals surface area contributed by atoms with E-state index in [-0.39, 0.29) is 6.42 Å². The van der Waals surface area contributed by atoms with E-state index in [1.165, 1.54) is 13.2 Å². The third kappa shape index (κ3) is 5.33. The molecule has 4 nitrogen and oxygen atoms in total. The Morgan fingerprint density at radius 2 is 2.10 bits per heavy atom. The lowest BCUT2D eigenvalue weighted by Crippen LogP contribution is -2.42. The topological polar surface area (TPSA) is 55.4 Å². The van der Waals surface area contributed by atoms with Gasteiger partial charge in [-0.1, -0.05) is 12.1 Å². The maximum atomic E-state index is 13.0. The number of allylic oxidation sites excluding steroid dienone is 1. The molecule has 0 aromatic heterocycles. The van der Waals surface area contributed by atoms with Gasteiger partial charge in [-0.25, -0.2) is 13.6 Å². The average Bonchev–Trinajstić information content (AvgIpc) is 2.46. The number of carbonyl (C=O) groups is 2. The second kappa shape index (κ2) is 8.14. The van der Waals surface area contributed by atoms with E-state index in [9.17, 15) is 18.4 Å². The molecule has 1 aromatic rings. The van der Waals surface area contributed by atoms with E-state index in [0.29, 0.717) is 18.4 Å². The molecule has 21 heavy (non-hydrogen) atoms. The third-order valence-corrected chi connectivity index (χ3v) is 2.83. The lowest BCUT2D eigenvalue weighted by atomic mass is 10.1. The molecule has 0 unspecified atom stereocenters. The summed E-state index contributed by atoms with van der Waals surface area (Å²) in [4.78, 5) is 23.4. The molecule has 6 heteroatoms. The van der Waals surface area contributed by atoms with Gasteiger partial charge in [-0.3, -0.25) is 4.79 Å². The minimum Gasteiger partial charge on any atom is -0.467 e. The molecule has 1 aromatic carbocycles. The Hall–Kier alpha value is -2.24. The smallest absolute Gasteiger partial charge is 0.328 e. The number of amides is 1. The van der Waals surface area contributed by atoms with Crippen LogP contribution in [-0.4, -0.2) is 25.0 Å². The van der Waals surface area contributed by atoms with Crippen LogP contribution in [0, 0.1) is 11.6 Å². The first kappa shape index (κ1) is 16.8. The van der Waals surface area contributed by atoms with Crippen LogP contribution < -0.4 is 5.32 Å². The van der Waals surface area contributed by atoms with Crippen LogP contribution in [0.1, 0.15) is 18.4 Å². The molecule has 1 amide bonds. The van der Waals surface area contributed by atoms with Crippen molar-refractivity contribution < 1.29 is 23.1 Å². The second-order valence-electron chi connectivity index (χ2n) is 4.43. The molecule has 114 valence electrons. The monoisotopic (exact) mass is 297 g/mol. The molecule has 0 aliphatic carbocycles. The summed E-state index contributed by atoms with van der Waals surface area (Å²) in [5.41, 5.74) is 0.318. The minimum absolute atomic E-state index is 0.154. The number of rotatable bonds is 7. The molecular formula is C15H17F2NO3. The van der Waals surface area contributed by atoms with Gasteiger partial charge in [0.1, 0.15) is 6.04 Å². The van der Waals surface area contributed by atoms with E-state index in [4.69, 9.17) is 0 Å². The van der Waals surface area contributed by atoms with Crippen LogP contribution in [-0.2, 0) is 20.7 Å². The van der Waals surface area contributed by atoms with Crippen molar-refractivity contribution in [2.24, 2.45) is 0 Å². The van der Waals surface area contributed by atoms with Crippen LogP contribution in [0.4, 0.5) is 8.78 Å². The van der Waals surface area contributed by atoms with E-state index in [2.05, 4.69) is 16.6 Å². The van der Waals surface area contributed by atoms with Crippen LogP contribution in [0.3, 0.4) is 0 Å². The van der Waals surface area contributed by atoms with Crippen LogP contribution in [0.2, 0.25) is 0 Å². The van der Waals surface area contributed by atoms with Crippen LogP contribution in [0.5, 0.6) is 0 Å². The number of esters is 1. The maximum Gasteiger partial charge on any atom is 0.328 e. The summed E-state index contributed by atoms with van der Waals surface area (Å²) < 4.78 is 30.4. The zero-order chi connectivity index (χ0) is 15.8. The van der Waals surface area contributed by atoms with Gasteiger partial charge in [-0.2, -0.15) is 0 Å². The summed E-state index contributed by atoms with van der Waals surface area (Å²) in [5.74, 6) is -3.02. The summed E-state index contributed by atoms with van der Waals surface area (Å²) in [7, 11) is 1.23. The fraction of sp³-hybridized carbons (Fsp3) is 0.333. The molecule has 0 spiro atoms.